The summed E-state index contributed by atoms with van der Waals surface area (Å²) in [7, 11) is -3.91. The number of nitrogens with one attached hydrogen (secondary N) is 1. The molecule has 0 aliphatic carbocycles. The van der Waals surface area contributed by atoms with E-state index in [-0.39, 0.29) is 17.0 Å². The van der Waals surface area contributed by atoms with Crippen LogP contribution in [0.5, 0.6) is 5.75 Å². The number of aromatic carboxylic acids is 1. The molecule has 24 heavy (non-hydrogen) atoms. The van der Waals surface area contributed by atoms with Gasteiger partial charge in [-0.1, -0.05) is 18.2 Å². The molecule has 0 bridgehead atoms. The Morgan fingerprint density at radius 1 is 1.38 bits per heavy atom. The Morgan fingerprint density at radius 2 is 2.12 bits per heavy atom. The first kappa shape index (κ1) is 17.6. The van der Waals surface area contributed by atoms with Crippen LogP contribution in [0.1, 0.15) is 21.5 Å². The van der Waals surface area contributed by atoms with E-state index in [0.717, 1.165) is 17.7 Å². The second-order valence-electron chi connectivity index (χ2n) is 4.98. The van der Waals surface area contributed by atoms with E-state index in [1.165, 1.54) is 6.92 Å². The molecule has 0 unspecified atom stereocenters. The summed E-state index contributed by atoms with van der Waals surface area (Å²) in [6.45, 7) is 1.51. The van der Waals surface area contributed by atoms with E-state index in [2.05, 4.69) is 9.71 Å². The van der Waals surface area contributed by atoms with E-state index in [4.69, 9.17) is 5.11 Å². The summed E-state index contributed by atoms with van der Waals surface area (Å²) in [6, 6.07) is 5.64. The molecule has 1 aromatic carbocycles. The highest BCUT2D eigenvalue weighted by atomic mass is 32.2. The number of benzene rings is 1. The van der Waals surface area contributed by atoms with Crippen molar-refractivity contribution in [2.75, 3.05) is 6.54 Å². The highest BCUT2D eigenvalue weighted by Crippen LogP contribution is 2.25. The molecule has 0 amide bonds. The highest BCUT2D eigenvalue weighted by Gasteiger charge is 2.21. The van der Waals surface area contributed by atoms with Crippen molar-refractivity contribution >= 4 is 22.1 Å². The fourth-order valence-electron chi connectivity index (χ4n) is 2.04. The summed E-state index contributed by atoms with van der Waals surface area (Å²) in [5, 5.41) is 18.6. The van der Waals surface area contributed by atoms with E-state index in [1.54, 1.807) is 30.6 Å². The van der Waals surface area contributed by atoms with Crippen LogP contribution in [-0.2, 0) is 10.0 Å². The minimum absolute atomic E-state index is 0.0277. The SMILES string of the molecule is Cc1cc(O)c(C(=O)O)cc1S(=O)(=O)NC/C=C/c1cccnc1. The van der Waals surface area contributed by atoms with E-state index < -0.39 is 27.3 Å². The maximum atomic E-state index is 12.3. The Hall–Kier alpha value is -2.71. The molecule has 0 spiro atoms. The number of rotatable bonds is 6. The maximum Gasteiger partial charge on any atom is 0.339 e. The quantitative estimate of drug-likeness (QED) is 0.733. The highest BCUT2D eigenvalue weighted by molar-refractivity contribution is 7.89. The first-order valence-corrected chi connectivity index (χ1v) is 8.43. The third kappa shape index (κ3) is 4.18. The van der Waals surface area contributed by atoms with Gasteiger partial charge in [0, 0.05) is 18.9 Å². The lowest BCUT2D eigenvalue weighted by Crippen LogP contribution is -2.24. The van der Waals surface area contributed by atoms with Crippen molar-refractivity contribution < 1.29 is 23.4 Å². The standard InChI is InChI=1S/C16H16N2O5S/c1-11-8-14(19)13(16(20)21)9-15(11)24(22,23)18-7-3-5-12-4-2-6-17-10-12/h2-6,8-10,18-19H,7H2,1H3,(H,20,21)/b5-3+. The molecule has 0 radical (unpaired) electrons. The van der Waals surface area contributed by atoms with E-state index in [1.807, 2.05) is 6.07 Å². The van der Waals surface area contributed by atoms with Crippen LogP contribution in [0, 0.1) is 6.92 Å². The number of carbonyl (C=O) groups is 1. The fraction of sp³-hybridized carbons (Fsp3) is 0.125. The predicted octanol–water partition coefficient (Wildman–Crippen LogP) is 1.79. The van der Waals surface area contributed by atoms with Crippen LogP contribution in [0.3, 0.4) is 0 Å². The Morgan fingerprint density at radius 3 is 2.75 bits per heavy atom. The van der Waals surface area contributed by atoms with Crippen molar-refractivity contribution in [3.63, 3.8) is 0 Å². The van der Waals surface area contributed by atoms with Crippen LogP contribution >= 0.6 is 0 Å². The molecule has 3 N–H and O–H groups in total. The number of phenols is 1. The summed E-state index contributed by atoms with van der Waals surface area (Å²) in [5.41, 5.74) is 0.610. The molecule has 126 valence electrons. The van der Waals surface area contributed by atoms with Crippen LogP contribution in [0.25, 0.3) is 6.08 Å². The topological polar surface area (TPSA) is 117 Å². The molecule has 0 atom stereocenters. The van der Waals surface area contributed by atoms with Gasteiger partial charge in [-0.2, -0.15) is 0 Å². The molecule has 8 heteroatoms. The van der Waals surface area contributed by atoms with Gasteiger partial charge in [-0.3, -0.25) is 4.98 Å². The van der Waals surface area contributed by atoms with Gasteiger partial charge in [0.2, 0.25) is 10.0 Å². The minimum atomic E-state index is -3.91. The van der Waals surface area contributed by atoms with E-state index in [9.17, 15) is 18.3 Å². The molecule has 0 saturated heterocycles. The summed E-state index contributed by atoms with van der Waals surface area (Å²) in [4.78, 5) is 14.8. The van der Waals surface area contributed by atoms with Crippen LogP contribution in [0.2, 0.25) is 0 Å². The number of carboxylic acid groups (broad SMARTS) is 1. The number of sulfonamides is 1. The number of aromatic hydroxyl groups is 1. The molecule has 0 aliphatic rings. The normalized spacial score (nSPS) is 11.7. The predicted molar refractivity (Wildman–Crippen MR) is 88.3 cm³/mol. The van der Waals surface area contributed by atoms with E-state index >= 15 is 0 Å². The van der Waals surface area contributed by atoms with Crippen LogP contribution < -0.4 is 4.72 Å². The summed E-state index contributed by atoms with van der Waals surface area (Å²) in [6.07, 6.45) is 6.59. The van der Waals surface area contributed by atoms with E-state index in [0.29, 0.717) is 0 Å². The molecule has 0 fully saturated rings. The Labute approximate surface area is 139 Å². The molecule has 2 aromatic rings. The molecule has 2 rings (SSSR count). The van der Waals surface area contributed by atoms with Crippen LogP contribution in [0.15, 0.2) is 47.6 Å². The van der Waals surface area contributed by atoms with Crippen molar-refractivity contribution in [2.24, 2.45) is 0 Å². The number of aromatic nitrogens is 1. The summed E-state index contributed by atoms with van der Waals surface area (Å²) < 4.78 is 27.0. The average molecular weight is 348 g/mol. The van der Waals surface area contributed by atoms with Crippen molar-refractivity contribution in [2.45, 2.75) is 11.8 Å². The second kappa shape index (κ2) is 7.24. The number of nitrogens with zero attached hydrogens (tertiary/aromatic N) is 1. The van der Waals surface area contributed by atoms with Crippen molar-refractivity contribution in [1.82, 2.24) is 9.71 Å². The fourth-order valence-corrected chi connectivity index (χ4v) is 3.27. The maximum absolute atomic E-state index is 12.3. The Bertz CT molecular complexity index is 877. The van der Waals surface area contributed by atoms with Gasteiger partial charge in [0.1, 0.15) is 11.3 Å². The summed E-state index contributed by atoms with van der Waals surface area (Å²) >= 11 is 0. The van der Waals surface area contributed by atoms with Crippen molar-refractivity contribution in [3.8, 4) is 5.75 Å². The van der Waals surface area contributed by atoms with Gasteiger partial charge in [0.25, 0.3) is 0 Å². The average Bonchev–Trinajstić information content (AvgIpc) is 2.52. The van der Waals surface area contributed by atoms with Gasteiger partial charge < -0.3 is 10.2 Å². The Balaban J connectivity index is 2.17. The van der Waals surface area contributed by atoms with Crippen molar-refractivity contribution in [3.05, 3.63) is 59.4 Å². The lowest BCUT2D eigenvalue weighted by molar-refractivity contribution is 0.0693. The number of hydrogen-bond donors (Lipinski definition) is 3. The zero-order chi connectivity index (χ0) is 17.7. The molecule has 0 saturated carbocycles. The lowest BCUT2D eigenvalue weighted by Gasteiger charge is -2.10. The van der Waals surface area contributed by atoms with Gasteiger partial charge in [0.15, 0.2) is 0 Å². The molecule has 0 aliphatic heterocycles. The third-order valence-electron chi connectivity index (χ3n) is 3.20. The smallest absolute Gasteiger partial charge is 0.339 e. The molecule has 7 nitrogen and oxygen atoms in total. The van der Waals surface area contributed by atoms with Crippen LogP contribution in [-0.4, -0.2) is 36.1 Å². The molecular formula is C16H16N2O5S. The zero-order valence-electron chi connectivity index (χ0n) is 12.8. The molecule has 1 aromatic heterocycles. The first-order chi connectivity index (χ1) is 11.3. The number of carboxylic acids is 1. The zero-order valence-corrected chi connectivity index (χ0v) is 13.6. The van der Waals surface area contributed by atoms with Gasteiger partial charge in [-0.05, 0) is 36.2 Å². The monoisotopic (exact) mass is 348 g/mol. The van der Waals surface area contributed by atoms with Gasteiger partial charge >= 0.3 is 5.97 Å². The first-order valence-electron chi connectivity index (χ1n) is 6.94. The number of hydrogen-bond acceptors (Lipinski definition) is 5. The molecular weight excluding hydrogens is 332 g/mol. The third-order valence-corrected chi connectivity index (χ3v) is 4.76. The minimum Gasteiger partial charge on any atom is -0.507 e. The second-order valence-corrected chi connectivity index (χ2v) is 6.72. The summed E-state index contributed by atoms with van der Waals surface area (Å²) in [5.74, 6) is -1.88. The number of pyridine rings is 1. The molecule has 1 heterocycles. The number of aryl methyl sites for hydroxylation is 1. The largest absolute Gasteiger partial charge is 0.507 e. The Kier molecular flexibility index (Phi) is 5.32. The van der Waals surface area contributed by atoms with Crippen molar-refractivity contribution in [1.29, 1.82) is 0 Å². The van der Waals surface area contributed by atoms with Gasteiger partial charge in [0.05, 0.1) is 4.90 Å². The van der Waals surface area contributed by atoms with Gasteiger partial charge in [-0.25, -0.2) is 17.9 Å². The van der Waals surface area contributed by atoms with Gasteiger partial charge in [-0.15, -0.1) is 0 Å². The lowest BCUT2D eigenvalue weighted by atomic mass is 10.1. The van der Waals surface area contributed by atoms with Crippen LogP contribution in [0.4, 0.5) is 0 Å².